The Kier molecular flexibility index (Phi) is 4.13. The first-order valence-corrected chi connectivity index (χ1v) is 7.94. The van der Waals surface area contributed by atoms with Crippen LogP contribution in [-0.4, -0.2) is 35.6 Å². The van der Waals surface area contributed by atoms with Crippen LogP contribution in [0.25, 0.3) is 28.5 Å². The van der Waals surface area contributed by atoms with Crippen LogP contribution in [0, 0.1) is 5.82 Å². The van der Waals surface area contributed by atoms with Crippen molar-refractivity contribution in [2.24, 2.45) is 0 Å². The molecule has 132 valence electrons. The van der Waals surface area contributed by atoms with Crippen molar-refractivity contribution in [3.63, 3.8) is 0 Å². The molecule has 0 spiro atoms. The molecule has 4 rings (SSSR count). The van der Waals surface area contributed by atoms with E-state index < -0.39 is 11.8 Å². The van der Waals surface area contributed by atoms with Crippen molar-refractivity contribution in [3.8, 4) is 28.5 Å². The van der Waals surface area contributed by atoms with Gasteiger partial charge in [0.25, 0.3) is 0 Å². The van der Waals surface area contributed by atoms with Gasteiger partial charge >= 0.3 is 5.97 Å². The summed E-state index contributed by atoms with van der Waals surface area (Å²) in [4.78, 5) is 27.8. The highest BCUT2D eigenvalue weighted by Gasteiger charge is 2.14. The Bertz CT molecular complexity index is 1130. The summed E-state index contributed by atoms with van der Waals surface area (Å²) in [5.74, 6) is -1.04. The lowest BCUT2D eigenvalue weighted by molar-refractivity contribution is 0.0691. The highest BCUT2D eigenvalue weighted by molar-refractivity contribution is 5.85. The number of carboxylic acids is 1. The third-order valence-corrected chi connectivity index (χ3v) is 3.87. The molecule has 0 atom stereocenters. The number of benzene rings is 1. The highest BCUT2D eigenvalue weighted by Crippen LogP contribution is 2.25. The molecule has 0 aliphatic heterocycles. The van der Waals surface area contributed by atoms with Gasteiger partial charge in [0.1, 0.15) is 18.0 Å². The van der Waals surface area contributed by atoms with Gasteiger partial charge in [0.15, 0.2) is 11.5 Å². The fourth-order valence-corrected chi connectivity index (χ4v) is 2.56. The number of carboxylic acid groups (broad SMARTS) is 1. The molecule has 0 bridgehead atoms. The zero-order valence-corrected chi connectivity index (χ0v) is 13.8. The maximum Gasteiger partial charge on any atom is 0.356 e. The lowest BCUT2D eigenvalue weighted by atomic mass is 10.1. The minimum Gasteiger partial charge on any atom is -0.476 e. The molecule has 1 N–H and O–H groups in total. The van der Waals surface area contributed by atoms with Gasteiger partial charge in [-0.05, 0) is 24.3 Å². The van der Waals surface area contributed by atoms with Crippen LogP contribution < -0.4 is 0 Å². The molecule has 0 aliphatic rings. The van der Waals surface area contributed by atoms with E-state index in [0.29, 0.717) is 11.5 Å². The van der Waals surface area contributed by atoms with E-state index in [1.165, 1.54) is 23.2 Å². The molecule has 0 amide bonds. The molecule has 4 aromatic rings. The Labute approximate surface area is 152 Å². The van der Waals surface area contributed by atoms with Gasteiger partial charge in [-0.15, -0.1) is 0 Å². The van der Waals surface area contributed by atoms with E-state index in [4.69, 9.17) is 5.11 Å². The molecule has 7 nitrogen and oxygen atoms in total. The lowest BCUT2D eigenvalue weighted by Gasteiger charge is -2.09. The van der Waals surface area contributed by atoms with Gasteiger partial charge in [-0.2, -0.15) is 0 Å². The summed E-state index contributed by atoms with van der Waals surface area (Å²) >= 11 is 0. The van der Waals surface area contributed by atoms with Gasteiger partial charge < -0.3 is 5.11 Å². The first kappa shape index (κ1) is 16.5. The number of aromatic nitrogens is 5. The van der Waals surface area contributed by atoms with E-state index >= 15 is 0 Å². The van der Waals surface area contributed by atoms with E-state index in [2.05, 4.69) is 19.9 Å². The van der Waals surface area contributed by atoms with Crippen LogP contribution in [0.3, 0.4) is 0 Å². The SMILES string of the molecule is O=C(O)c1cn(-c2cc(-c3ccncc3)nc(-c3ccccc3F)n2)cn1. The molecule has 8 heteroatoms. The number of hydrogen-bond donors (Lipinski definition) is 1. The molecule has 27 heavy (non-hydrogen) atoms. The Morgan fingerprint density at radius 3 is 2.56 bits per heavy atom. The second kappa shape index (κ2) is 6.75. The fourth-order valence-electron chi connectivity index (χ4n) is 2.56. The van der Waals surface area contributed by atoms with E-state index in [1.54, 1.807) is 48.8 Å². The minimum absolute atomic E-state index is 0.119. The van der Waals surface area contributed by atoms with Crippen molar-refractivity contribution < 1.29 is 14.3 Å². The molecule has 3 aromatic heterocycles. The number of nitrogens with zero attached hydrogens (tertiary/aromatic N) is 5. The number of imidazole rings is 1. The summed E-state index contributed by atoms with van der Waals surface area (Å²) in [7, 11) is 0. The third-order valence-electron chi connectivity index (χ3n) is 3.87. The Morgan fingerprint density at radius 1 is 1.07 bits per heavy atom. The van der Waals surface area contributed by atoms with Crippen LogP contribution in [0.5, 0.6) is 0 Å². The number of pyridine rings is 1. The van der Waals surface area contributed by atoms with Crippen molar-refractivity contribution in [2.75, 3.05) is 0 Å². The fraction of sp³-hybridized carbons (Fsp3) is 0. The average molecular weight is 361 g/mol. The van der Waals surface area contributed by atoms with Gasteiger partial charge in [0, 0.05) is 30.2 Å². The van der Waals surface area contributed by atoms with E-state index in [0.717, 1.165) is 5.56 Å². The van der Waals surface area contributed by atoms with E-state index in [1.807, 2.05) is 0 Å². The van der Waals surface area contributed by atoms with Crippen LogP contribution in [0.1, 0.15) is 10.5 Å². The zero-order valence-electron chi connectivity index (χ0n) is 13.8. The van der Waals surface area contributed by atoms with Crippen LogP contribution in [-0.2, 0) is 0 Å². The van der Waals surface area contributed by atoms with E-state index in [-0.39, 0.29) is 17.1 Å². The second-order valence-corrected chi connectivity index (χ2v) is 5.62. The summed E-state index contributed by atoms with van der Waals surface area (Å²) in [6.45, 7) is 0. The van der Waals surface area contributed by atoms with Gasteiger partial charge in [-0.1, -0.05) is 12.1 Å². The molecule has 0 fully saturated rings. The molecule has 0 saturated heterocycles. The van der Waals surface area contributed by atoms with Gasteiger partial charge in [-0.3, -0.25) is 9.55 Å². The number of carbonyl (C=O) groups is 1. The smallest absolute Gasteiger partial charge is 0.356 e. The monoisotopic (exact) mass is 361 g/mol. The molecule has 3 heterocycles. The van der Waals surface area contributed by atoms with Crippen LogP contribution in [0.15, 0.2) is 67.4 Å². The largest absolute Gasteiger partial charge is 0.476 e. The summed E-state index contributed by atoms with van der Waals surface area (Å²) < 4.78 is 15.7. The van der Waals surface area contributed by atoms with Crippen molar-refractivity contribution in [3.05, 3.63) is 78.9 Å². The molecular formula is C19H12FN5O2. The normalized spacial score (nSPS) is 10.7. The van der Waals surface area contributed by atoms with Gasteiger partial charge in [0.2, 0.25) is 0 Å². The molecular weight excluding hydrogens is 349 g/mol. The standard InChI is InChI=1S/C19H12FN5O2/c20-14-4-2-1-3-13(14)18-23-15(12-5-7-21-8-6-12)9-17(24-18)25-10-16(19(26)27)22-11-25/h1-11H,(H,26,27). The Balaban J connectivity index is 1.91. The van der Waals surface area contributed by atoms with Crippen LogP contribution in [0.2, 0.25) is 0 Å². The quantitative estimate of drug-likeness (QED) is 0.600. The molecule has 0 radical (unpaired) electrons. The van der Waals surface area contributed by atoms with Gasteiger partial charge in [0.05, 0.1) is 11.3 Å². The molecule has 0 unspecified atom stereocenters. The van der Waals surface area contributed by atoms with Crippen LogP contribution >= 0.6 is 0 Å². The van der Waals surface area contributed by atoms with E-state index in [9.17, 15) is 9.18 Å². The minimum atomic E-state index is -1.15. The summed E-state index contributed by atoms with van der Waals surface area (Å²) in [5.41, 5.74) is 1.44. The first-order valence-electron chi connectivity index (χ1n) is 7.94. The van der Waals surface area contributed by atoms with Crippen molar-refractivity contribution in [2.45, 2.75) is 0 Å². The third kappa shape index (κ3) is 3.28. The number of rotatable bonds is 4. The maximum atomic E-state index is 14.3. The number of hydrogen-bond acceptors (Lipinski definition) is 5. The van der Waals surface area contributed by atoms with Crippen molar-refractivity contribution in [1.29, 1.82) is 0 Å². The second-order valence-electron chi connectivity index (χ2n) is 5.62. The zero-order chi connectivity index (χ0) is 18.8. The Morgan fingerprint density at radius 2 is 1.85 bits per heavy atom. The van der Waals surface area contributed by atoms with Gasteiger partial charge in [-0.25, -0.2) is 24.1 Å². The Hall–Kier alpha value is -3.94. The maximum absolute atomic E-state index is 14.3. The summed E-state index contributed by atoms with van der Waals surface area (Å²) in [5, 5.41) is 9.08. The number of aromatic carboxylic acids is 1. The number of halogens is 1. The predicted molar refractivity (Wildman–Crippen MR) is 94.7 cm³/mol. The topological polar surface area (TPSA) is 93.8 Å². The van der Waals surface area contributed by atoms with Crippen molar-refractivity contribution in [1.82, 2.24) is 24.5 Å². The summed E-state index contributed by atoms with van der Waals surface area (Å²) in [6.07, 6.45) is 5.93. The van der Waals surface area contributed by atoms with Crippen LogP contribution in [0.4, 0.5) is 4.39 Å². The molecule has 0 saturated carbocycles. The predicted octanol–water partition coefficient (Wildman–Crippen LogP) is 3.23. The molecule has 1 aromatic carbocycles. The lowest BCUT2D eigenvalue weighted by Crippen LogP contribution is -2.02. The molecule has 0 aliphatic carbocycles. The first-order chi connectivity index (χ1) is 13.1. The summed E-state index contributed by atoms with van der Waals surface area (Å²) in [6, 6.07) is 11.4. The highest BCUT2D eigenvalue weighted by atomic mass is 19.1. The van der Waals surface area contributed by atoms with Crippen molar-refractivity contribution >= 4 is 5.97 Å². The average Bonchev–Trinajstić information content (AvgIpc) is 3.19.